The molecule has 1 fully saturated rings. The van der Waals surface area contributed by atoms with Crippen molar-refractivity contribution in [1.29, 1.82) is 0 Å². The van der Waals surface area contributed by atoms with E-state index in [0.29, 0.717) is 5.15 Å². The van der Waals surface area contributed by atoms with E-state index in [1.165, 1.54) is 22.2 Å². The van der Waals surface area contributed by atoms with E-state index < -0.39 is 0 Å². The lowest BCUT2D eigenvalue weighted by molar-refractivity contribution is -0.914. The maximum Gasteiger partial charge on any atom is 0.138 e. The molecule has 1 aromatic heterocycles. The van der Waals surface area contributed by atoms with Gasteiger partial charge in [-0.25, -0.2) is 4.98 Å². The predicted molar refractivity (Wildman–Crippen MR) is 116 cm³/mol. The van der Waals surface area contributed by atoms with Crippen molar-refractivity contribution in [3.8, 4) is 5.75 Å². The molecule has 0 bridgehead atoms. The van der Waals surface area contributed by atoms with Crippen LogP contribution in [0.2, 0.25) is 5.15 Å². The maximum absolute atomic E-state index is 6.55. The number of piperazine rings is 1. The Morgan fingerprint density at radius 1 is 1.07 bits per heavy atom. The van der Waals surface area contributed by atoms with Gasteiger partial charge in [0.1, 0.15) is 17.4 Å². The van der Waals surface area contributed by atoms with Crippen LogP contribution in [0.15, 0.2) is 42.5 Å². The first-order chi connectivity index (χ1) is 13.5. The van der Waals surface area contributed by atoms with Crippen molar-refractivity contribution in [2.75, 3.05) is 38.2 Å². The molecule has 3 aromatic rings. The largest absolute Gasteiger partial charge is 0.497 e. The highest BCUT2D eigenvalue weighted by Gasteiger charge is 2.22. The summed E-state index contributed by atoms with van der Waals surface area (Å²) in [6, 6.07) is 14.9. The second-order valence-electron chi connectivity index (χ2n) is 7.63. The molecular formula is C23H27ClN3O+. The Balaban J connectivity index is 1.44. The molecule has 0 atom stereocenters. The van der Waals surface area contributed by atoms with Crippen molar-refractivity contribution < 1.29 is 9.64 Å². The molecule has 28 heavy (non-hydrogen) atoms. The standard InChI is InChI=1S/C23H26ClN3O/c1-16-4-5-18-14-19(23(24)25-22(18)17(16)2)15-26-10-12-27(13-11-26)20-6-8-21(28-3)9-7-20/h4-9,14H,10-13,15H2,1-3H3/p+1. The minimum Gasteiger partial charge on any atom is -0.497 e. The lowest BCUT2D eigenvalue weighted by Crippen LogP contribution is -3.13. The number of aromatic nitrogens is 1. The van der Waals surface area contributed by atoms with Crippen LogP contribution in [0.5, 0.6) is 5.75 Å². The fraction of sp³-hybridized carbons (Fsp3) is 0.348. The van der Waals surface area contributed by atoms with E-state index in [1.807, 2.05) is 12.1 Å². The van der Waals surface area contributed by atoms with Crippen LogP contribution in [0.25, 0.3) is 10.9 Å². The second kappa shape index (κ2) is 7.98. The summed E-state index contributed by atoms with van der Waals surface area (Å²) in [6.07, 6.45) is 0. The number of rotatable bonds is 4. The monoisotopic (exact) mass is 396 g/mol. The number of hydrogen-bond donors (Lipinski definition) is 1. The van der Waals surface area contributed by atoms with Gasteiger partial charge in [-0.3, -0.25) is 0 Å². The number of fused-ring (bicyclic) bond motifs is 1. The normalized spacial score (nSPS) is 15.2. The third-order valence-electron chi connectivity index (χ3n) is 5.89. The zero-order valence-corrected chi connectivity index (χ0v) is 17.5. The van der Waals surface area contributed by atoms with Gasteiger partial charge in [-0.15, -0.1) is 0 Å². The summed E-state index contributed by atoms with van der Waals surface area (Å²) >= 11 is 6.55. The van der Waals surface area contributed by atoms with Crippen LogP contribution >= 0.6 is 11.6 Å². The number of halogens is 1. The third-order valence-corrected chi connectivity index (χ3v) is 6.21. The highest BCUT2D eigenvalue weighted by molar-refractivity contribution is 6.30. The molecule has 0 saturated carbocycles. The SMILES string of the molecule is COc1ccc(N2CC[NH+](Cc3cc4ccc(C)c(C)c4nc3Cl)CC2)cc1. The summed E-state index contributed by atoms with van der Waals surface area (Å²) < 4.78 is 5.25. The number of anilines is 1. The molecule has 0 spiro atoms. The van der Waals surface area contributed by atoms with Crippen molar-refractivity contribution in [3.05, 3.63) is 64.3 Å². The van der Waals surface area contributed by atoms with E-state index in [9.17, 15) is 0 Å². The highest BCUT2D eigenvalue weighted by Crippen LogP contribution is 2.25. The van der Waals surface area contributed by atoms with E-state index in [2.05, 4.69) is 49.1 Å². The number of hydrogen-bond acceptors (Lipinski definition) is 3. The van der Waals surface area contributed by atoms with Crippen molar-refractivity contribution in [2.45, 2.75) is 20.4 Å². The summed E-state index contributed by atoms with van der Waals surface area (Å²) in [7, 11) is 1.70. The Kier molecular flexibility index (Phi) is 5.42. The highest BCUT2D eigenvalue weighted by atomic mass is 35.5. The first kappa shape index (κ1) is 19.0. The lowest BCUT2D eigenvalue weighted by atomic mass is 10.0. The van der Waals surface area contributed by atoms with Gasteiger partial charge in [0.15, 0.2) is 0 Å². The van der Waals surface area contributed by atoms with Crippen LogP contribution in [0.3, 0.4) is 0 Å². The number of pyridine rings is 1. The zero-order chi connectivity index (χ0) is 19.7. The van der Waals surface area contributed by atoms with Gasteiger partial charge < -0.3 is 14.5 Å². The average Bonchev–Trinajstić information content (AvgIpc) is 2.73. The predicted octanol–water partition coefficient (Wildman–Crippen LogP) is 3.42. The lowest BCUT2D eigenvalue weighted by Gasteiger charge is -2.33. The number of methoxy groups -OCH3 is 1. The van der Waals surface area contributed by atoms with Crippen molar-refractivity contribution in [2.24, 2.45) is 0 Å². The van der Waals surface area contributed by atoms with Gasteiger partial charge in [-0.2, -0.15) is 0 Å². The van der Waals surface area contributed by atoms with Crippen LogP contribution in [0.4, 0.5) is 5.69 Å². The Hall–Kier alpha value is -2.30. The Morgan fingerprint density at radius 2 is 1.79 bits per heavy atom. The molecule has 146 valence electrons. The first-order valence-corrected chi connectivity index (χ1v) is 10.2. The van der Waals surface area contributed by atoms with E-state index in [-0.39, 0.29) is 0 Å². The molecular weight excluding hydrogens is 370 g/mol. The molecule has 5 heteroatoms. The van der Waals surface area contributed by atoms with E-state index in [0.717, 1.165) is 49.6 Å². The molecule has 1 saturated heterocycles. The van der Waals surface area contributed by atoms with E-state index >= 15 is 0 Å². The third kappa shape index (κ3) is 3.80. The van der Waals surface area contributed by atoms with Crippen LogP contribution < -0.4 is 14.5 Å². The maximum atomic E-state index is 6.55. The minimum absolute atomic E-state index is 0.645. The number of benzene rings is 2. The Morgan fingerprint density at radius 3 is 2.46 bits per heavy atom. The molecule has 4 nitrogen and oxygen atoms in total. The fourth-order valence-electron chi connectivity index (χ4n) is 3.95. The van der Waals surface area contributed by atoms with Crippen molar-refractivity contribution in [3.63, 3.8) is 0 Å². The molecule has 1 aliphatic heterocycles. The molecule has 0 radical (unpaired) electrons. The summed E-state index contributed by atoms with van der Waals surface area (Å²) in [4.78, 5) is 8.70. The van der Waals surface area contributed by atoms with E-state index in [1.54, 1.807) is 12.0 Å². The molecule has 0 unspecified atom stereocenters. The first-order valence-electron chi connectivity index (χ1n) is 9.83. The summed E-state index contributed by atoms with van der Waals surface area (Å²) in [6.45, 7) is 9.41. The second-order valence-corrected chi connectivity index (χ2v) is 7.99. The Labute approximate surface area is 171 Å². The summed E-state index contributed by atoms with van der Waals surface area (Å²) in [5.74, 6) is 0.900. The molecule has 1 aliphatic rings. The van der Waals surface area contributed by atoms with Gasteiger partial charge in [0.2, 0.25) is 0 Å². The molecule has 2 heterocycles. The summed E-state index contributed by atoms with van der Waals surface area (Å²) in [5, 5.41) is 1.82. The van der Waals surface area contributed by atoms with Gasteiger partial charge in [0, 0.05) is 16.6 Å². The van der Waals surface area contributed by atoms with Crippen LogP contribution in [0, 0.1) is 13.8 Å². The van der Waals surface area contributed by atoms with Crippen LogP contribution in [-0.2, 0) is 6.54 Å². The number of ether oxygens (including phenoxy) is 1. The summed E-state index contributed by atoms with van der Waals surface area (Å²) in [5.41, 5.74) is 5.89. The average molecular weight is 397 g/mol. The molecule has 1 N–H and O–H groups in total. The van der Waals surface area contributed by atoms with Gasteiger partial charge in [0.05, 0.1) is 38.8 Å². The zero-order valence-electron chi connectivity index (χ0n) is 16.8. The number of nitrogens with one attached hydrogen (secondary N) is 1. The van der Waals surface area contributed by atoms with Gasteiger partial charge in [-0.05, 0) is 55.3 Å². The number of aryl methyl sites for hydroxylation is 2. The fourth-order valence-corrected chi connectivity index (χ4v) is 4.15. The molecule has 0 aliphatic carbocycles. The van der Waals surface area contributed by atoms with Crippen LogP contribution in [-0.4, -0.2) is 38.3 Å². The van der Waals surface area contributed by atoms with Crippen molar-refractivity contribution in [1.82, 2.24) is 4.98 Å². The number of quaternary nitrogens is 1. The minimum atomic E-state index is 0.645. The molecule has 4 rings (SSSR count). The van der Waals surface area contributed by atoms with E-state index in [4.69, 9.17) is 21.3 Å². The van der Waals surface area contributed by atoms with Gasteiger partial charge in [0.25, 0.3) is 0 Å². The topological polar surface area (TPSA) is 29.8 Å². The Bertz CT molecular complexity index is 979. The quantitative estimate of drug-likeness (QED) is 0.685. The van der Waals surface area contributed by atoms with Crippen LogP contribution in [0.1, 0.15) is 16.7 Å². The smallest absolute Gasteiger partial charge is 0.138 e. The van der Waals surface area contributed by atoms with Gasteiger partial charge >= 0.3 is 0 Å². The molecule has 2 aromatic carbocycles. The number of nitrogens with zero attached hydrogens (tertiary/aromatic N) is 2. The molecule has 0 amide bonds. The van der Waals surface area contributed by atoms with Crippen molar-refractivity contribution >= 4 is 28.2 Å². The van der Waals surface area contributed by atoms with Gasteiger partial charge in [-0.1, -0.05) is 23.7 Å².